The summed E-state index contributed by atoms with van der Waals surface area (Å²) in [6, 6.07) is 0. The van der Waals surface area contributed by atoms with E-state index in [0.717, 1.165) is 0 Å². The Balaban J connectivity index is 2.00. The molecule has 0 aromatic heterocycles. The Hall–Kier alpha value is 0.623. The van der Waals surface area contributed by atoms with E-state index in [4.69, 9.17) is 0 Å². The predicted molar refractivity (Wildman–Crippen MR) is 23.5 cm³/mol. The van der Waals surface area contributed by atoms with Gasteiger partial charge in [0.25, 0.3) is 0 Å². The Bertz CT molecular complexity index is 19.4. The van der Waals surface area contributed by atoms with E-state index in [1.54, 1.807) is 29.3 Å². The first-order valence-corrected chi connectivity index (χ1v) is 7.20. The van der Waals surface area contributed by atoms with Gasteiger partial charge in [0.2, 0.25) is 0 Å². The van der Waals surface area contributed by atoms with E-state index in [2.05, 4.69) is 0 Å². The molecule has 1 saturated heterocycles. The molecule has 1 heterocycles. The fraction of sp³-hybridized carbons (Fsp3) is 1.00. The van der Waals surface area contributed by atoms with Gasteiger partial charge in [0.05, 0.1) is 0 Å². The molecule has 0 radical (unpaired) electrons. The van der Waals surface area contributed by atoms with Gasteiger partial charge in [-0.3, -0.25) is 0 Å². The number of rotatable bonds is 0. The second-order valence-corrected chi connectivity index (χ2v) is 6.57. The maximum atomic E-state index is 1.69. The first kappa shape index (κ1) is 4.77. The van der Waals surface area contributed by atoms with Gasteiger partial charge in [-0.15, -0.1) is 0 Å². The molecule has 32 valence electrons. The van der Waals surface area contributed by atoms with Crippen LogP contribution in [-0.4, -0.2) is 0 Å². The van der Waals surface area contributed by atoms with Gasteiger partial charge >= 0.3 is 46.4 Å². The van der Waals surface area contributed by atoms with Crippen LogP contribution in [0.15, 0.2) is 0 Å². The van der Waals surface area contributed by atoms with Gasteiger partial charge in [-0.05, 0) is 0 Å². The number of hydrogen-bond donors (Lipinski definition) is 0. The van der Waals surface area contributed by atoms with Crippen LogP contribution in [0.2, 0.25) is 10.0 Å². The van der Waals surface area contributed by atoms with Gasteiger partial charge in [0.15, 0.2) is 0 Å². The monoisotopic (exact) mass is 134 g/mol. The van der Waals surface area contributed by atoms with Crippen molar-refractivity contribution in [2.75, 3.05) is 0 Å². The zero-order valence-corrected chi connectivity index (χ0v) is 7.21. The summed E-state index contributed by atoms with van der Waals surface area (Å²) < 4.78 is 0. The van der Waals surface area contributed by atoms with Crippen molar-refractivity contribution in [3.05, 3.63) is 0 Å². The van der Waals surface area contributed by atoms with Gasteiger partial charge in [-0.1, -0.05) is 0 Å². The van der Waals surface area contributed by atoms with E-state index in [1.807, 2.05) is 0 Å². The maximum absolute atomic E-state index is 1.69. The molecule has 1 fully saturated rings. The topological polar surface area (TPSA) is 0 Å². The van der Waals surface area contributed by atoms with Crippen LogP contribution in [-0.2, 0) is 17.1 Å². The molecule has 0 nitrogen and oxygen atoms in total. The third kappa shape index (κ3) is 1.38. The van der Waals surface area contributed by atoms with Crippen molar-refractivity contribution < 1.29 is 17.1 Å². The zero-order chi connectivity index (χ0) is 4.24. The molecular formula is C5H10Zn. The van der Waals surface area contributed by atoms with Gasteiger partial charge < -0.3 is 0 Å². The first-order chi connectivity index (χ1) is 3.00. The average molecular weight is 136 g/mol. The van der Waals surface area contributed by atoms with Gasteiger partial charge in [-0.25, -0.2) is 0 Å². The molecule has 0 aromatic carbocycles. The van der Waals surface area contributed by atoms with Crippen molar-refractivity contribution in [1.82, 2.24) is 0 Å². The minimum absolute atomic E-state index is 0.161. The third-order valence-electron chi connectivity index (χ3n) is 1.50. The molecule has 6 heavy (non-hydrogen) atoms. The molecule has 1 aliphatic rings. The van der Waals surface area contributed by atoms with Crippen LogP contribution in [0.4, 0.5) is 0 Å². The summed E-state index contributed by atoms with van der Waals surface area (Å²) in [5.41, 5.74) is 0. The standard InChI is InChI=1S/C5H10.Zn/c1-3-5-4-2;/h1-5H2;. The average Bonchev–Trinajstić information content (AvgIpc) is 1.72. The van der Waals surface area contributed by atoms with Crippen LogP contribution in [0.1, 0.15) is 19.3 Å². The predicted octanol–water partition coefficient (Wildman–Crippen LogP) is 2.09. The van der Waals surface area contributed by atoms with Gasteiger partial charge in [0.1, 0.15) is 0 Å². The first-order valence-electron chi connectivity index (χ1n) is 3.00. The summed E-state index contributed by atoms with van der Waals surface area (Å²) in [7, 11) is 0. The van der Waals surface area contributed by atoms with Crippen molar-refractivity contribution >= 4 is 0 Å². The SMILES string of the molecule is C1C[CH2][Zn][CH2]C1. The van der Waals surface area contributed by atoms with Crippen molar-refractivity contribution in [3.8, 4) is 0 Å². The van der Waals surface area contributed by atoms with E-state index >= 15 is 0 Å². The van der Waals surface area contributed by atoms with Crippen molar-refractivity contribution in [2.45, 2.75) is 29.3 Å². The molecule has 0 atom stereocenters. The molecule has 0 spiro atoms. The van der Waals surface area contributed by atoms with Crippen LogP contribution in [0, 0.1) is 0 Å². The van der Waals surface area contributed by atoms with Gasteiger partial charge in [-0.2, -0.15) is 0 Å². The zero-order valence-electron chi connectivity index (χ0n) is 4.24. The molecule has 0 aliphatic carbocycles. The number of hydrogen-bond acceptors (Lipinski definition) is 0. The minimum atomic E-state index is 0.161. The summed E-state index contributed by atoms with van der Waals surface area (Å²) in [4.78, 5) is 0. The van der Waals surface area contributed by atoms with E-state index in [1.165, 1.54) is 0 Å². The summed E-state index contributed by atoms with van der Waals surface area (Å²) >= 11 is 0.161. The van der Waals surface area contributed by atoms with E-state index < -0.39 is 0 Å². The molecule has 0 bridgehead atoms. The van der Waals surface area contributed by atoms with E-state index in [-0.39, 0.29) is 17.1 Å². The molecule has 1 aliphatic heterocycles. The quantitative estimate of drug-likeness (QED) is 0.446. The second kappa shape index (κ2) is 2.74. The Morgan fingerprint density at radius 1 is 0.833 bits per heavy atom. The van der Waals surface area contributed by atoms with Crippen LogP contribution in [0.5, 0.6) is 0 Å². The van der Waals surface area contributed by atoms with E-state index in [9.17, 15) is 0 Å². The van der Waals surface area contributed by atoms with Crippen LogP contribution >= 0.6 is 0 Å². The van der Waals surface area contributed by atoms with Crippen LogP contribution in [0.3, 0.4) is 0 Å². The molecule has 0 unspecified atom stereocenters. The van der Waals surface area contributed by atoms with E-state index in [0.29, 0.717) is 0 Å². The normalized spacial score (nSPS) is 21.3. The molecule has 0 saturated carbocycles. The third-order valence-corrected chi connectivity index (χ3v) is 5.70. The Morgan fingerprint density at radius 3 is 1.67 bits per heavy atom. The summed E-state index contributed by atoms with van der Waals surface area (Å²) in [5, 5.41) is 3.38. The molecule has 0 aromatic rings. The fourth-order valence-corrected chi connectivity index (χ4v) is 4.77. The molecule has 0 N–H and O–H groups in total. The summed E-state index contributed by atoms with van der Waals surface area (Å²) in [6.07, 6.45) is 4.71. The Kier molecular flexibility index (Phi) is 2.18. The van der Waals surface area contributed by atoms with Crippen LogP contribution in [0.25, 0.3) is 0 Å². The molecule has 0 amide bonds. The molecular weight excluding hydrogens is 125 g/mol. The molecule has 1 rings (SSSR count). The summed E-state index contributed by atoms with van der Waals surface area (Å²) in [6.45, 7) is 0. The Labute approximate surface area is 46.9 Å². The van der Waals surface area contributed by atoms with Crippen molar-refractivity contribution in [2.24, 2.45) is 0 Å². The van der Waals surface area contributed by atoms with Gasteiger partial charge in [0, 0.05) is 0 Å². The van der Waals surface area contributed by atoms with Crippen molar-refractivity contribution in [3.63, 3.8) is 0 Å². The Morgan fingerprint density at radius 2 is 1.50 bits per heavy atom. The van der Waals surface area contributed by atoms with Crippen LogP contribution < -0.4 is 0 Å². The van der Waals surface area contributed by atoms with Crippen molar-refractivity contribution in [1.29, 1.82) is 0 Å². The summed E-state index contributed by atoms with van der Waals surface area (Å²) in [5.74, 6) is 0. The fourth-order valence-electron chi connectivity index (χ4n) is 1.06. The molecule has 1 heteroatoms. The second-order valence-electron chi connectivity index (χ2n) is 2.12.